The summed E-state index contributed by atoms with van der Waals surface area (Å²) >= 11 is 0. The van der Waals surface area contributed by atoms with Crippen LogP contribution in [-0.4, -0.2) is 30.3 Å². The maximum Gasteiger partial charge on any atom is 0.264 e. The molecule has 1 rings (SSSR count). The Morgan fingerprint density at radius 1 is 1.27 bits per heavy atom. The molecule has 1 aromatic heterocycles. The number of unbranched alkanes of at least 4 members (excludes halogenated alkanes) is 1. The van der Waals surface area contributed by atoms with Gasteiger partial charge in [-0.15, -0.1) is 0 Å². The molecule has 0 radical (unpaired) electrons. The number of rotatable bonds is 6. The van der Waals surface area contributed by atoms with Crippen LogP contribution in [0.4, 0.5) is 5.69 Å². The number of hydrogen-bond acceptors (Lipinski definition) is 4. The van der Waals surface area contributed by atoms with E-state index in [4.69, 9.17) is 4.55 Å². The van der Waals surface area contributed by atoms with Crippen molar-refractivity contribution in [2.75, 3.05) is 17.6 Å². The fourth-order valence-corrected chi connectivity index (χ4v) is 1.68. The van der Waals surface area contributed by atoms with E-state index in [9.17, 15) is 8.42 Å². The van der Waals surface area contributed by atoms with E-state index in [0.717, 1.165) is 5.69 Å². The third kappa shape index (κ3) is 6.03. The zero-order chi connectivity index (χ0) is 11.1. The van der Waals surface area contributed by atoms with Crippen molar-refractivity contribution in [1.29, 1.82) is 0 Å². The summed E-state index contributed by atoms with van der Waals surface area (Å²) < 4.78 is 29.3. The number of anilines is 1. The molecule has 0 aromatic carbocycles. The van der Waals surface area contributed by atoms with Gasteiger partial charge in [0.15, 0.2) is 0 Å². The Morgan fingerprint density at radius 2 is 1.93 bits per heavy atom. The molecule has 0 amide bonds. The molecule has 0 unspecified atom stereocenters. The minimum atomic E-state index is -3.81. The minimum absolute atomic E-state index is 0.176. The molecule has 0 aliphatic rings. The highest BCUT2D eigenvalue weighted by Gasteiger charge is 2.02. The van der Waals surface area contributed by atoms with Gasteiger partial charge in [-0.2, -0.15) is 8.42 Å². The molecule has 0 spiro atoms. The van der Waals surface area contributed by atoms with Gasteiger partial charge in [0.25, 0.3) is 10.1 Å². The second-order valence-corrected chi connectivity index (χ2v) is 4.73. The second kappa shape index (κ2) is 5.67. The van der Waals surface area contributed by atoms with Crippen molar-refractivity contribution in [2.45, 2.75) is 12.8 Å². The molecular weight excluding hydrogens is 216 g/mol. The third-order valence-electron chi connectivity index (χ3n) is 1.84. The van der Waals surface area contributed by atoms with Crippen LogP contribution in [0, 0.1) is 0 Å². The largest absolute Gasteiger partial charge is 0.385 e. The Balaban J connectivity index is 2.13. The average molecular weight is 230 g/mol. The number of nitrogens with zero attached hydrogens (tertiary/aromatic N) is 1. The molecule has 84 valence electrons. The molecule has 0 bridgehead atoms. The van der Waals surface area contributed by atoms with Crippen LogP contribution >= 0.6 is 0 Å². The highest BCUT2D eigenvalue weighted by molar-refractivity contribution is 7.85. The van der Waals surface area contributed by atoms with E-state index in [1.165, 1.54) is 0 Å². The van der Waals surface area contributed by atoms with Crippen LogP contribution in [0.5, 0.6) is 0 Å². The quantitative estimate of drug-likeness (QED) is 0.566. The van der Waals surface area contributed by atoms with E-state index in [-0.39, 0.29) is 5.75 Å². The van der Waals surface area contributed by atoms with E-state index < -0.39 is 10.1 Å². The van der Waals surface area contributed by atoms with Crippen LogP contribution in [0.2, 0.25) is 0 Å². The number of aromatic nitrogens is 1. The van der Waals surface area contributed by atoms with Crippen LogP contribution < -0.4 is 5.32 Å². The maximum atomic E-state index is 10.4. The Bertz CT molecular complexity index is 378. The van der Waals surface area contributed by atoms with Crippen LogP contribution in [0.15, 0.2) is 24.5 Å². The molecule has 0 saturated carbocycles. The van der Waals surface area contributed by atoms with Gasteiger partial charge in [0.2, 0.25) is 0 Å². The first-order chi connectivity index (χ1) is 7.08. The molecule has 2 N–H and O–H groups in total. The Morgan fingerprint density at radius 3 is 2.53 bits per heavy atom. The van der Waals surface area contributed by atoms with Crippen LogP contribution in [0.1, 0.15) is 12.8 Å². The Kier molecular flexibility index (Phi) is 4.51. The van der Waals surface area contributed by atoms with E-state index >= 15 is 0 Å². The van der Waals surface area contributed by atoms with Crippen molar-refractivity contribution in [2.24, 2.45) is 0 Å². The fraction of sp³-hybridized carbons (Fsp3) is 0.444. The Hall–Kier alpha value is -1.14. The summed E-state index contributed by atoms with van der Waals surface area (Å²) in [6.45, 7) is 0.680. The molecule has 1 heterocycles. The van der Waals surface area contributed by atoms with Gasteiger partial charge < -0.3 is 5.32 Å². The lowest BCUT2D eigenvalue weighted by molar-refractivity contribution is 0.480. The first-order valence-corrected chi connectivity index (χ1v) is 6.28. The van der Waals surface area contributed by atoms with Crippen molar-refractivity contribution in [3.8, 4) is 0 Å². The van der Waals surface area contributed by atoms with Gasteiger partial charge in [-0.25, -0.2) is 0 Å². The zero-order valence-corrected chi connectivity index (χ0v) is 9.07. The molecule has 0 aliphatic heterocycles. The summed E-state index contributed by atoms with van der Waals surface area (Å²) in [5.74, 6) is -0.176. The molecule has 0 fully saturated rings. The third-order valence-corrected chi connectivity index (χ3v) is 2.64. The molecule has 1 aromatic rings. The van der Waals surface area contributed by atoms with Crippen molar-refractivity contribution in [3.05, 3.63) is 24.5 Å². The average Bonchev–Trinajstić information content (AvgIpc) is 2.17. The van der Waals surface area contributed by atoms with E-state index in [2.05, 4.69) is 10.3 Å². The van der Waals surface area contributed by atoms with E-state index in [1.54, 1.807) is 12.4 Å². The summed E-state index contributed by atoms with van der Waals surface area (Å²) in [6, 6.07) is 3.67. The molecule has 0 atom stereocenters. The smallest absolute Gasteiger partial charge is 0.264 e. The fourth-order valence-electron chi connectivity index (χ4n) is 1.11. The summed E-state index contributed by atoms with van der Waals surface area (Å²) in [7, 11) is -3.81. The molecule has 0 aliphatic carbocycles. The van der Waals surface area contributed by atoms with Gasteiger partial charge in [-0.05, 0) is 25.0 Å². The lowest BCUT2D eigenvalue weighted by atomic mass is 10.3. The van der Waals surface area contributed by atoms with Crippen molar-refractivity contribution < 1.29 is 13.0 Å². The summed E-state index contributed by atoms with van der Waals surface area (Å²) in [6.07, 6.45) is 4.51. The second-order valence-electron chi connectivity index (χ2n) is 3.16. The van der Waals surface area contributed by atoms with Gasteiger partial charge in [0, 0.05) is 24.6 Å². The van der Waals surface area contributed by atoms with Gasteiger partial charge in [-0.1, -0.05) is 0 Å². The normalized spacial score (nSPS) is 11.3. The summed E-state index contributed by atoms with van der Waals surface area (Å²) in [5, 5.41) is 3.11. The summed E-state index contributed by atoms with van der Waals surface area (Å²) in [4.78, 5) is 3.87. The molecule has 6 heteroatoms. The SMILES string of the molecule is O=S(=O)(O)CCCCNc1ccncc1. The predicted molar refractivity (Wildman–Crippen MR) is 58.4 cm³/mol. The first kappa shape index (κ1) is 11.9. The molecule has 5 nitrogen and oxygen atoms in total. The first-order valence-electron chi connectivity index (χ1n) is 4.67. The van der Waals surface area contributed by atoms with E-state index in [0.29, 0.717) is 19.4 Å². The Labute approximate surface area is 89.3 Å². The lowest BCUT2D eigenvalue weighted by Crippen LogP contribution is -2.07. The monoisotopic (exact) mass is 230 g/mol. The van der Waals surface area contributed by atoms with Crippen LogP contribution in [-0.2, 0) is 10.1 Å². The minimum Gasteiger partial charge on any atom is -0.385 e. The van der Waals surface area contributed by atoms with Crippen LogP contribution in [0.25, 0.3) is 0 Å². The zero-order valence-electron chi connectivity index (χ0n) is 8.26. The molecule has 0 saturated heterocycles. The predicted octanol–water partition coefficient (Wildman–Crippen LogP) is 1.16. The van der Waals surface area contributed by atoms with Gasteiger partial charge in [0.05, 0.1) is 5.75 Å². The molecular formula is C9H14N2O3S. The number of pyridine rings is 1. The van der Waals surface area contributed by atoms with Crippen molar-refractivity contribution in [1.82, 2.24) is 4.98 Å². The number of hydrogen-bond donors (Lipinski definition) is 2. The van der Waals surface area contributed by atoms with E-state index in [1.807, 2.05) is 12.1 Å². The summed E-state index contributed by atoms with van der Waals surface area (Å²) in [5.41, 5.74) is 0.955. The number of nitrogens with one attached hydrogen (secondary N) is 1. The topological polar surface area (TPSA) is 79.3 Å². The highest BCUT2D eigenvalue weighted by atomic mass is 32.2. The lowest BCUT2D eigenvalue weighted by Gasteiger charge is -2.04. The van der Waals surface area contributed by atoms with Crippen LogP contribution in [0.3, 0.4) is 0 Å². The van der Waals surface area contributed by atoms with Crippen molar-refractivity contribution >= 4 is 15.8 Å². The van der Waals surface area contributed by atoms with Gasteiger partial charge in [0.1, 0.15) is 0 Å². The van der Waals surface area contributed by atoms with Gasteiger partial charge in [-0.3, -0.25) is 9.54 Å². The standard InChI is InChI=1S/C9H14N2O3S/c12-15(13,14)8-2-1-5-11-9-3-6-10-7-4-9/h3-4,6-7H,1-2,5,8H2,(H,10,11)(H,12,13,14). The maximum absolute atomic E-state index is 10.4. The molecule has 15 heavy (non-hydrogen) atoms. The highest BCUT2D eigenvalue weighted by Crippen LogP contribution is 2.03. The van der Waals surface area contributed by atoms with Gasteiger partial charge >= 0.3 is 0 Å². The van der Waals surface area contributed by atoms with Crippen molar-refractivity contribution in [3.63, 3.8) is 0 Å².